The van der Waals surface area contributed by atoms with Crippen LogP contribution in [-0.2, 0) is 19.1 Å². The summed E-state index contributed by atoms with van der Waals surface area (Å²) in [5.41, 5.74) is 1.97. The number of halogens is 1. The van der Waals surface area contributed by atoms with Gasteiger partial charge in [0.15, 0.2) is 5.78 Å². The van der Waals surface area contributed by atoms with E-state index in [9.17, 15) is 14.4 Å². The summed E-state index contributed by atoms with van der Waals surface area (Å²) < 4.78 is 15.1. The second-order valence-corrected chi connectivity index (χ2v) is 9.50. The van der Waals surface area contributed by atoms with E-state index in [1.165, 1.54) is 32.1 Å². The van der Waals surface area contributed by atoms with E-state index in [1.807, 2.05) is 11.0 Å². The molecule has 1 heterocycles. The van der Waals surface area contributed by atoms with Crippen LogP contribution < -0.4 is 4.74 Å². The highest BCUT2D eigenvalue weighted by molar-refractivity contribution is 8.00. The second-order valence-electron chi connectivity index (χ2n) is 7.90. The topological polar surface area (TPSA) is 82.1 Å². The zero-order valence-corrected chi connectivity index (χ0v) is 21.4. The Bertz CT molecular complexity index is 1100. The number of ether oxygens (including phenoxy) is 3. The van der Waals surface area contributed by atoms with E-state index < -0.39 is 18.0 Å². The van der Waals surface area contributed by atoms with Gasteiger partial charge in [0, 0.05) is 35.0 Å². The lowest BCUT2D eigenvalue weighted by Gasteiger charge is -2.38. The Morgan fingerprint density at radius 2 is 1.89 bits per heavy atom. The Hall–Kier alpha value is -2.81. The average molecular weight is 518 g/mol. The molecule has 1 saturated heterocycles. The molecule has 0 bridgehead atoms. The minimum absolute atomic E-state index is 0.0303. The molecule has 1 aliphatic rings. The highest BCUT2D eigenvalue weighted by atomic mass is 35.5. The number of Topliss-reactive ketones (excluding diaryl/α,β-unsaturated/α-hetero) is 1. The maximum absolute atomic E-state index is 12.8. The molecule has 35 heavy (non-hydrogen) atoms. The first kappa shape index (κ1) is 26.8. The molecule has 1 aliphatic heterocycles. The summed E-state index contributed by atoms with van der Waals surface area (Å²) in [7, 11) is 4.21. The Morgan fingerprint density at radius 3 is 2.57 bits per heavy atom. The van der Waals surface area contributed by atoms with Crippen LogP contribution in [0.15, 0.2) is 60.2 Å². The minimum Gasteiger partial charge on any atom is -0.497 e. The molecule has 2 atom stereocenters. The van der Waals surface area contributed by atoms with Crippen molar-refractivity contribution >= 4 is 41.1 Å². The van der Waals surface area contributed by atoms with Crippen LogP contribution in [-0.4, -0.2) is 68.0 Å². The highest BCUT2D eigenvalue weighted by Crippen LogP contribution is 2.35. The lowest BCUT2D eigenvalue weighted by Crippen LogP contribution is -2.43. The fourth-order valence-corrected chi connectivity index (χ4v) is 5.37. The summed E-state index contributed by atoms with van der Waals surface area (Å²) in [6.45, 7) is 0.875. The number of methoxy groups -OCH3 is 3. The fourth-order valence-electron chi connectivity index (χ4n) is 3.98. The molecule has 7 nitrogen and oxygen atoms in total. The third-order valence-electron chi connectivity index (χ3n) is 5.78. The molecule has 0 spiro atoms. The molecule has 186 valence electrons. The predicted octanol–water partition coefficient (Wildman–Crippen LogP) is 4.35. The normalized spacial score (nSPS) is 18.1. The number of carbonyl (C=O) groups excluding carboxylic acids is 3. The number of piperidine rings is 1. The van der Waals surface area contributed by atoms with Crippen LogP contribution >= 0.6 is 23.4 Å². The van der Waals surface area contributed by atoms with Crippen LogP contribution in [0.5, 0.6) is 5.75 Å². The maximum atomic E-state index is 12.8. The van der Waals surface area contributed by atoms with Crippen molar-refractivity contribution in [3.63, 3.8) is 0 Å². The first-order chi connectivity index (χ1) is 16.9. The van der Waals surface area contributed by atoms with Gasteiger partial charge in [0.05, 0.1) is 27.1 Å². The summed E-state index contributed by atoms with van der Waals surface area (Å²) in [4.78, 5) is 39.6. The van der Waals surface area contributed by atoms with Crippen LogP contribution in [0.4, 0.5) is 0 Å². The largest absolute Gasteiger partial charge is 0.497 e. The zero-order chi connectivity index (χ0) is 25.4. The molecular formula is C26H28ClNO6S. The van der Waals surface area contributed by atoms with Gasteiger partial charge in [-0.2, -0.15) is 0 Å². The van der Waals surface area contributed by atoms with Crippen LogP contribution in [0.1, 0.15) is 28.4 Å². The lowest BCUT2D eigenvalue weighted by molar-refractivity contribution is -0.147. The van der Waals surface area contributed by atoms with Gasteiger partial charge in [0.2, 0.25) is 0 Å². The van der Waals surface area contributed by atoms with Crippen molar-refractivity contribution < 1.29 is 28.6 Å². The monoisotopic (exact) mass is 517 g/mol. The number of hydrogen-bond donors (Lipinski definition) is 0. The quantitative estimate of drug-likeness (QED) is 0.276. The lowest BCUT2D eigenvalue weighted by atomic mass is 9.98. The van der Waals surface area contributed by atoms with E-state index in [2.05, 4.69) is 0 Å². The molecule has 2 aromatic rings. The van der Waals surface area contributed by atoms with Crippen molar-refractivity contribution in [1.82, 2.24) is 4.90 Å². The predicted molar refractivity (Wildman–Crippen MR) is 136 cm³/mol. The molecule has 0 N–H and O–H groups in total. The van der Waals surface area contributed by atoms with E-state index in [0.29, 0.717) is 41.4 Å². The van der Waals surface area contributed by atoms with Crippen molar-refractivity contribution in [2.45, 2.75) is 17.7 Å². The van der Waals surface area contributed by atoms with Crippen molar-refractivity contribution in [1.29, 1.82) is 0 Å². The zero-order valence-electron chi connectivity index (χ0n) is 19.9. The molecular weight excluding hydrogens is 490 g/mol. The van der Waals surface area contributed by atoms with Gasteiger partial charge in [0.25, 0.3) is 0 Å². The van der Waals surface area contributed by atoms with E-state index in [0.717, 1.165) is 5.57 Å². The van der Waals surface area contributed by atoms with Gasteiger partial charge in [-0.15, -0.1) is 11.8 Å². The van der Waals surface area contributed by atoms with Gasteiger partial charge < -0.3 is 14.2 Å². The summed E-state index contributed by atoms with van der Waals surface area (Å²) in [5, 5.41) is 0.367. The molecule has 1 fully saturated rings. The number of ketones is 1. The fraction of sp³-hybridized carbons (Fsp3) is 0.346. The molecule has 0 radical (unpaired) electrons. The molecule has 9 heteroatoms. The molecule has 0 saturated carbocycles. The van der Waals surface area contributed by atoms with Crippen LogP contribution in [0, 0.1) is 0 Å². The standard InChI is InChI=1S/C26H28ClNO6S/c1-32-19-8-6-7-17(13-19)22(29)16-35-23-11-12-28(15-18(23)14-24(30)33-2)25(26(31)34-3)20-9-4-5-10-21(20)27/h4-10,13-14,23,25H,11-12,15-16H2,1-3H3. The van der Waals surface area contributed by atoms with Crippen molar-refractivity contribution in [2.75, 3.05) is 40.2 Å². The number of likely N-dealkylation sites (tertiary alicyclic amines) is 1. The summed E-state index contributed by atoms with van der Waals surface area (Å²) >= 11 is 7.87. The molecule has 0 aliphatic carbocycles. The SMILES string of the molecule is COC(=O)C=C1CN(C(C(=O)OC)c2ccccc2Cl)CCC1SCC(=O)c1cccc(OC)c1. The molecule has 2 unspecified atom stereocenters. The number of rotatable bonds is 9. The summed E-state index contributed by atoms with van der Waals surface area (Å²) in [6.07, 6.45) is 2.07. The number of benzene rings is 2. The van der Waals surface area contributed by atoms with Crippen molar-refractivity contribution in [2.24, 2.45) is 0 Å². The van der Waals surface area contributed by atoms with E-state index in [-0.39, 0.29) is 16.8 Å². The van der Waals surface area contributed by atoms with Gasteiger partial charge in [-0.1, -0.05) is 41.9 Å². The van der Waals surface area contributed by atoms with Gasteiger partial charge in [-0.3, -0.25) is 9.69 Å². The van der Waals surface area contributed by atoms with E-state index in [4.69, 9.17) is 25.8 Å². The van der Waals surface area contributed by atoms with Gasteiger partial charge in [0.1, 0.15) is 11.8 Å². The Morgan fingerprint density at radius 1 is 1.11 bits per heavy atom. The third-order valence-corrected chi connectivity index (χ3v) is 7.49. The first-order valence-electron chi connectivity index (χ1n) is 11.0. The second kappa shape index (κ2) is 12.8. The summed E-state index contributed by atoms with van der Waals surface area (Å²) in [5.74, 6) is -0.0961. The molecule has 2 aromatic carbocycles. The Balaban J connectivity index is 1.80. The number of nitrogens with zero attached hydrogens (tertiary/aromatic N) is 1. The van der Waals surface area contributed by atoms with Crippen molar-refractivity contribution in [3.8, 4) is 5.75 Å². The molecule has 0 aromatic heterocycles. The van der Waals surface area contributed by atoms with E-state index >= 15 is 0 Å². The summed E-state index contributed by atoms with van der Waals surface area (Å²) in [6, 6.07) is 13.4. The Labute approximate surface area is 214 Å². The third kappa shape index (κ3) is 6.87. The smallest absolute Gasteiger partial charge is 0.330 e. The van der Waals surface area contributed by atoms with Gasteiger partial charge in [-0.05, 0) is 35.8 Å². The number of hydrogen-bond acceptors (Lipinski definition) is 8. The first-order valence-corrected chi connectivity index (χ1v) is 12.4. The number of carbonyl (C=O) groups is 3. The van der Waals surface area contributed by atoms with Crippen LogP contribution in [0.2, 0.25) is 5.02 Å². The number of esters is 2. The van der Waals surface area contributed by atoms with Crippen LogP contribution in [0.25, 0.3) is 0 Å². The van der Waals surface area contributed by atoms with E-state index in [1.54, 1.807) is 49.6 Å². The number of thioether (sulfide) groups is 1. The molecule has 0 amide bonds. The highest BCUT2D eigenvalue weighted by Gasteiger charge is 2.35. The Kier molecular flexibility index (Phi) is 9.77. The van der Waals surface area contributed by atoms with Gasteiger partial charge >= 0.3 is 11.9 Å². The molecule has 3 rings (SSSR count). The van der Waals surface area contributed by atoms with Crippen molar-refractivity contribution in [3.05, 3.63) is 76.3 Å². The maximum Gasteiger partial charge on any atom is 0.330 e. The van der Waals surface area contributed by atoms with Gasteiger partial charge in [-0.25, -0.2) is 9.59 Å². The minimum atomic E-state index is -0.723. The van der Waals surface area contributed by atoms with Crippen LogP contribution in [0.3, 0.4) is 0 Å². The average Bonchev–Trinajstić information content (AvgIpc) is 2.89.